The molecule has 0 aromatic carbocycles. The zero-order valence-electron chi connectivity index (χ0n) is 8.13. The molecule has 0 radical (unpaired) electrons. The number of nitrogens with zero attached hydrogens (tertiary/aromatic N) is 1. The highest BCUT2D eigenvalue weighted by atomic mass is 32.2. The van der Waals surface area contributed by atoms with E-state index < -0.39 is 0 Å². The van der Waals surface area contributed by atoms with Crippen LogP contribution in [0.3, 0.4) is 0 Å². The zero-order chi connectivity index (χ0) is 9.84. The molecule has 0 saturated carbocycles. The summed E-state index contributed by atoms with van der Waals surface area (Å²) in [6.45, 7) is 5.14. The van der Waals surface area contributed by atoms with Gasteiger partial charge in [-0.1, -0.05) is 6.92 Å². The van der Waals surface area contributed by atoms with Gasteiger partial charge in [0, 0.05) is 17.4 Å². The van der Waals surface area contributed by atoms with E-state index in [9.17, 15) is 0 Å². The smallest absolute Gasteiger partial charge is 0.142 e. The van der Waals surface area contributed by atoms with E-state index in [2.05, 4.69) is 22.9 Å². The quantitative estimate of drug-likeness (QED) is 0.812. The fourth-order valence-corrected chi connectivity index (χ4v) is 1.80. The minimum absolute atomic E-state index is 0.614. The Labute approximate surface area is 87.3 Å². The molecule has 0 saturated heterocycles. The van der Waals surface area contributed by atoms with Crippen molar-refractivity contribution in [2.45, 2.75) is 19.1 Å². The number of aromatic nitrogens is 1. The summed E-state index contributed by atoms with van der Waals surface area (Å²) in [6.07, 6.45) is 2.11. The number of nitrogens with two attached hydrogens (primary N) is 1. The van der Waals surface area contributed by atoms with Crippen LogP contribution in [0.25, 0.3) is 0 Å². The molecule has 0 bridgehead atoms. The first-order valence-corrected chi connectivity index (χ1v) is 6.19. The van der Waals surface area contributed by atoms with Crippen LogP contribution in [0.2, 0.25) is 0 Å². The summed E-state index contributed by atoms with van der Waals surface area (Å²) >= 11 is 3.28. The van der Waals surface area contributed by atoms with Crippen molar-refractivity contribution in [1.29, 1.82) is 0 Å². The van der Waals surface area contributed by atoms with Crippen molar-refractivity contribution in [3.05, 3.63) is 5.56 Å². The third kappa shape index (κ3) is 2.77. The van der Waals surface area contributed by atoms with Crippen LogP contribution in [0.4, 0.5) is 10.8 Å². The van der Waals surface area contributed by atoms with Crippen molar-refractivity contribution >= 4 is 34.1 Å². The van der Waals surface area contributed by atoms with Gasteiger partial charge in [-0.2, -0.15) is 16.1 Å². The zero-order valence-corrected chi connectivity index (χ0v) is 9.76. The minimum atomic E-state index is 0.614. The van der Waals surface area contributed by atoms with Crippen molar-refractivity contribution in [2.75, 3.05) is 23.9 Å². The van der Waals surface area contributed by atoms with Crippen molar-refractivity contribution in [3.8, 4) is 0 Å². The van der Waals surface area contributed by atoms with Crippen molar-refractivity contribution in [2.24, 2.45) is 0 Å². The molecule has 1 heterocycles. The fourth-order valence-electron chi connectivity index (χ4n) is 0.833. The van der Waals surface area contributed by atoms with E-state index in [1.165, 1.54) is 11.5 Å². The number of anilines is 2. The predicted molar refractivity (Wildman–Crippen MR) is 62.7 cm³/mol. The number of nitrogens with one attached hydrogen (secondary N) is 1. The largest absolute Gasteiger partial charge is 0.383 e. The van der Waals surface area contributed by atoms with Crippen molar-refractivity contribution in [1.82, 2.24) is 4.37 Å². The molecule has 74 valence electrons. The molecule has 5 heteroatoms. The maximum atomic E-state index is 5.63. The maximum absolute atomic E-state index is 5.63. The van der Waals surface area contributed by atoms with Crippen LogP contribution in [0.5, 0.6) is 0 Å². The van der Waals surface area contributed by atoms with Crippen LogP contribution in [-0.4, -0.2) is 22.4 Å². The van der Waals surface area contributed by atoms with E-state index in [-0.39, 0.29) is 0 Å². The molecule has 1 rings (SSSR count). The molecule has 1 aromatic heterocycles. The van der Waals surface area contributed by atoms with E-state index in [0.29, 0.717) is 11.1 Å². The SMILES string of the molecule is CSC(C)CNc1snc(N)c1C. The van der Waals surface area contributed by atoms with E-state index >= 15 is 0 Å². The summed E-state index contributed by atoms with van der Waals surface area (Å²) in [7, 11) is 0. The van der Waals surface area contributed by atoms with Gasteiger partial charge in [-0.3, -0.25) is 0 Å². The molecular weight excluding hydrogens is 202 g/mol. The minimum Gasteiger partial charge on any atom is -0.383 e. The van der Waals surface area contributed by atoms with Gasteiger partial charge in [-0.25, -0.2) is 0 Å². The third-order valence-electron chi connectivity index (χ3n) is 1.91. The summed E-state index contributed by atoms with van der Waals surface area (Å²) in [6, 6.07) is 0. The highest BCUT2D eigenvalue weighted by Crippen LogP contribution is 2.25. The molecule has 1 aromatic rings. The number of hydrogen-bond acceptors (Lipinski definition) is 5. The monoisotopic (exact) mass is 217 g/mol. The topological polar surface area (TPSA) is 50.9 Å². The lowest BCUT2D eigenvalue weighted by Gasteiger charge is -2.09. The molecule has 3 nitrogen and oxygen atoms in total. The molecule has 13 heavy (non-hydrogen) atoms. The number of hydrogen-bond donors (Lipinski definition) is 2. The Bertz CT molecular complexity index is 272. The lowest BCUT2D eigenvalue weighted by Crippen LogP contribution is -2.12. The van der Waals surface area contributed by atoms with Crippen molar-refractivity contribution in [3.63, 3.8) is 0 Å². The molecule has 0 aliphatic heterocycles. The molecule has 0 amide bonds. The Morgan fingerprint density at radius 3 is 2.85 bits per heavy atom. The summed E-state index contributed by atoms with van der Waals surface area (Å²) in [4.78, 5) is 0. The van der Waals surface area contributed by atoms with Crippen LogP contribution in [0, 0.1) is 6.92 Å². The lowest BCUT2D eigenvalue weighted by atomic mass is 10.3. The Morgan fingerprint density at radius 1 is 1.69 bits per heavy atom. The first kappa shape index (κ1) is 10.7. The Hall–Kier alpha value is -0.420. The van der Waals surface area contributed by atoms with Crippen LogP contribution < -0.4 is 11.1 Å². The Kier molecular flexibility index (Phi) is 3.87. The first-order valence-electron chi connectivity index (χ1n) is 4.13. The van der Waals surface area contributed by atoms with E-state index in [1.807, 2.05) is 18.7 Å². The molecule has 0 fully saturated rings. The molecular formula is C8H15N3S2. The van der Waals surface area contributed by atoms with Gasteiger partial charge >= 0.3 is 0 Å². The highest BCUT2D eigenvalue weighted by molar-refractivity contribution is 7.99. The normalized spacial score (nSPS) is 12.8. The second-order valence-corrected chi connectivity index (χ2v) is 5.00. The number of nitrogen functional groups attached to an aromatic ring is 1. The van der Waals surface area contributed by atoms with Gasteiger partial charge in [0.1, 0.15) is 10.8 Å². The van der Waals surface area contributed by atoms with Gasteiger partial charge < -0.3 is 11.1 Å². The standard InChI is InChI=1S/C8H15N3S2/c1-5(12-3)4-10-8-6(2)7(9)11-13-8/h5,10H,4H2,1-3H3,(H2,9,11). The van der Waals surface area contributed by atoms with Gasteiger partial charge in [-0.05, 0) is 24.7 Å². The molecule has 1 unspecified atom stereocenters. The predicted octanol–water partition coefficient (Wildman–Crippen LogP) is 2.20. The molecule has 0 aliphatic rings. The molecule has 1 atom stereocenters. The second kappa shape index (κ2) is 4.72. The number of thioether (sulfide) groups is 1. The Morgan fingerprint density at radius 2 is 2.38 bits per heavy atom. The van der Waals surface area contributed by atoms with Gasteiger partial charge in [0.05, 0.1) is 0 Å². The van der Waals surface area contributed by atoms with Crippen LogP contribution in [0.15, 0.2) is 0 Å². The third-order valence-corrected chi connectivity index (χ3v) is 3.81. The Balaban J connectivity index is 2.50. The summed E-state index contributed by atoms with van der Waals surface area (Å²) < 4.78 is 4.07. The van der Waals surface area contributed by atoms with Crippen molar-refractivity contribution < 1.29 is 0 Å². The maximum Gasteiger partial charge on any atom is 0.142 e. The summed E-state index contributed by atoms with van der Waals surface area (Å²) in [5, 5.41) is 5.05. The van der Waals surface area contributed by atoms with Crippen LogP contribution in [-0.2, 0) is 0 Å². The van der Waals surface area contributed by atoms with Crippen LogP contribution >= 0.6 is 23.3 Å². The first-order chi connectivity index (χ1) is 6.15. The van der Waals surface area contributed by atoms with E-state index in [1.54, 1.807) is 0 Å². The molecule has 0 spiro atoms. The lowest BCUT2D eigenvalue weighted by molar-refractivity contribution is 1.01. The average Bonchev–Trinajstić information content (AvgIpc) is 2.44. The van der Waals surface area contributed by atoms with Gasteiger partial charge in [0.15, 0.2) is 0 Å². The molecule has 3 N–H and O–H groups in total. The van der Waals surface area contributed by atoms with Gasteiger partial charge in [-0.15, -0.1) is 0 Å². The fraction of sp³-hybridized carbons (Fsp3) is 0.625. The van der Waals surface area contributed by atoms with E-state index in [4.69, 9.17) is 5.73 Å². The highest BCUT2D eigenvalue weighted by Gasteiger charge is 2.06. The van der Waals surface area contributed by atoms with Crippen LogP contribution in [0.1, 0.15) is 12.5 Å². The summed E-state index contributed by atoms with van der Waals surface area (Å²) in [5.41, 5.74) is 6.70. The van der Waals surface area contributed by atoms with E-state index in [0.717, 1.165) is 17.1 Å². The number of rotatable bonds is 4. The average molecular weight is 217 g/mol. The van der Waals surface area contributed by atoms with Gasteiger partial charge in [0.2, 0.25) is 0 Å². The second-order valence-electron chi connectivity index (χ2n) is 2.95. The van der Waals surface area contributed by atoms with Gasteiger partial charge in [0.25, 0.3) is 0 Å². The summed E-state index contributed by atoms with van der Waals surface area (Å²) in [5.74, 6) is 0.643. The molecule has 0 aliphatic carbocycles.